The predicted molar refractivity (Wildman–Crippen MR) is 489 cm³/mol. The number of ketones is 4. The second-order valence-electron chi connectivity index (χ2n) is 33.3. The Labute approximate surface area is 789 Å². The van der Waals surface area contributed by atoms with Gasteiger partial charge in [-0.05, 0) is 156 Å². The zero-order valence-electron chi connectivity index (χ0n) is 76.9. The first-order valence-corrected chi connectivity index (χ1v) is 44.6. The SMILES string of the molecule is CC(C)C[C@H](NN[C@@H](CCCCN)C(=O)N[C@@H](CCCCN)C(=O)C(=O)[C@H](Cc1ccc(O)cc1)NC(=O)[C@H](CCCNC(N)N)NN[C@@H](CO)C(=O)O)C(=O)N[C@@H](CC(C)C)C(=O)C(=O)[C@H](CCCCN)NC(=O)[C@H](CC(N)=O)NC(=O)[C@H](CO)NC(=O)[C@H](CO)NC(=O)[C@H](CC(=O)O)NC(=O)[C@H](CC(=O)O)NC(=O)[C@H](Cc1ccccc1)NC(=O)[C@H](Cc1ccc(O)cc1)NC(=O)CNN. The Kier molecular flexibility index (Phi) is 55.1. The summed E-state index contributed by atoms with van der Waals surface area (Å²) in [5, 5.41) is 108. The predicted octanol–water partition coefficient (Wildman–Crippen LogP) is -10.2. The van der Waals surface area contributed by atoms with Gasteiger partial charge in [-0.2, -0.15) is 0 Å². The first kappa shape index (κ1) is 119. The average Bonchev–Trinajstić information content (AvgIpc) is 0.839. The first-order valence-electron chi connectivity index (χ1n) is 44.6. The molecule has 12 amide bonds. The number of benzene rings is 3. The number of amides is 12. The summed E-state index contributed by atoms with van der Waals surface area (Å²) in [6.07, 6.45) is -4.96. The van der Waals surface area contributed by atoms with E-state index in [0.29, 0.717) is 29.5 Å². The van der Waals surface area contributed by atoms with Gasteiger partial charge in [-0.15, -0.1) is 0 Å². The number of hydrogen-bond acceptors (Lipinski definition) is 36. The number of aromatic hydroxyl groups is 2. The van der Waals surface area contributed by atoms with Crippen molar-refractivity contribution in [3.8, 4) is 11.5 Å². The summed E-state index contributed by atoms with van der Waals surface area (Å²) in [5.41, 5.74) is 48.3. The zero-order valence-corrected chi connectivity index (χ0v) is 76.9. The largest absolute Gasteiger partial charge is 0.508 e. The second-order valence-corrected chi connectivity index (χ2v) is 33.3. The molecule has 137 heavy (non-hydrogen) atoms. The molecule has 762 valence electrons. The summed E-state index contributed by atoms with van der Waals surface area (Å²) in [5.74, 6) is -20.3. The van der Waals surface area contributed by atoms with Crippen LogP contribution in [0.1, 0.15) is 147 Å². The third-order valence-corrected chi connectivity index (χ3v) is 20.9. The minimum Gasteiger partial charge on any atom is -0.508 e. The molecule has 3 aromatic carbocycles. The molecule has 15 atom stereocenters. The minimum absolute atomic E-state index is 0.0274. The van der Waals surface area contributed by atoms with Crippen LogP contribution in [0.5, 0.6) is 11.5 Å². The minimum atomic E-state index is -2.29. The highest BCUT2D eigenvalue weighted by Crippen LogP contribution is 2.19. The molecule has 51 nitrogen and oxygen atoms in total. The van der Waals surface area contributed by atoms with Gasteiger partial charge in [0.25, 0.3) is 0 Å². The third-order valence-electron chi connectivity index (χ3n) is 20.9. The smallest absolute Gasteiger partial charge is 0.324 e. The van der Waals surface area contributed by atoms with Gasteiger partial charge in [0, 0.05) is 19.3 Å². The first-order chi connectivity index (χ1) is 64.9. The van der Waals surface area contributed by atoms with E-state index in [1.54, 1.807) is 58.0 Å². The lowest BCUT2D eigenvalue weighted by molar-refractivity contribution is -0.143. The van der Waals surface area contributed by atoms with Crippen molar-refractivity contribution in [2.24, 2.45) is 52.1 Å². The lowest BCUT2D eigenvalue weighted by atomic mass is 9.92. The molecule has 3 rings (SSSR count). The molecule has 51 heteroatoms. The molecule has 3 aromatic rings. The molecule has 0 fully saturated rings. The Balaban J connectivity index is 1.94. The Morgan fingerprint density at radius 2 is 0.628 bits per heavy atom. The van der Waals surface area contributed by atoms with Crippen molar-refractivity contribution >= 4 is 112 Å². The van der Waals surface area contributed by atoms with Crippen molar-refractivity contribution in [1.82, 2.24) is 90.9 Å². The number of aliphatic hydroxyl groups excluding tert-OH is 3. The van der Waals surface area contributed by atoms with Gasteiger partial charge in [0.2, 0.25) is 94.0 Å². The van der Waals surface area contributed by atoms with E-state index in [4.69, 9.17) is 40.2 Å². The number of nitrogens with two attached hydrogens (primary N) is 7. The molecule has 0 saturated heterocycles. The van der Waals surface area contributed by atoms with Crippen LogP contribution in [0.15, 0.2) is 78.9 Å². The molecule has 0 aliphatic heterocycles. The highest BCUT2D eigenvalue weighted by atomic mass is 16.4. The highest BCUT2D eigenvalue weighted by Gasteiger charge is 2.42. The van der Waals surface area contributed by atoms with Crippen molar-refractivity contribution in [2.75, 3.05) is 52.5 Å². The van der Waals surface area contributed by atoms with Crippen molar-refractivity contribution < 1.29 is 132 Å². The molecule has 0 bridgehead atoms. The Morgan fingerprint density at radius 1 is 0.328 bits per heavy atom. The molecule has 0 radical (unpaired) electrons. The fourth-order valence-electron chi connectivity index (χ4n) is 13.6. The molecule has 39 N–H and O–H groups in total. The van der Waals surface area contributed by atoms with E-state index in [-0.39, 0.29) is 133 Å². The molecular weight excluding hydrogens is 1800 g/mol. The van der Waals surface area contributed by atoms with Crippen LogP contribution in [0.3, 0.4) is 0 Å². The Hall–Kier alpha value is -12.6. The van der Waals surface area contributed by atoms with E-state index in [2.05, 4.69) is 75.0 Å². The summed E-state index contributed by atoms with van der Waals surface area (Å²) in [6.45, 7) is 3.08. The normalized spacial score (nSPS) is 14.6. The second kappa shape index (κ2) is 63.7. The van der Waals surface area contributed by atoms with Gasteiger partial charge in [0.1, 0.15) is 72.2 Å². The number of carbonyl (C=O) groups excluding carboxylic acids is 16. The highest BCUT2D eigenvalue weighted by molar-refractivity contribution is 6.42. The monoisotopic (exact) mass is 1940 g/mol. The molecule has 0 spiro atoms. The van der Waals surface area contributed by atoms with Gasteiger partial charge in [0.15, 0.2) is 0 Å². The molecule has 0 heterocycles. The number of hydrogen-bond donors (Lipinski definition) is 32. The number of primary amides is 1. The molecule has 0 saturated carbocycles. The molecule has 0 aliphatic carbocycles. The topological polar surface area (TPSA) is 873 Å². The number of hydrazine groups is 3. The van der Waals surface area contributed by atoms with Crippen molar-refractivity contribution in [2.45, 2.75) is 247 Å². The van der Waals surface area contributed by atoms with Crippen LogP contribution in [0, 0.1) is 11.8 Å². The summed E-state index contributed by atoms with van der Waals surface area (Å²) in [6, 6.07) is -7.76. The van der Waals surface area contributed by atoms with Gasteiger partial charge in [-0.3, -0.25) is 108 Å². The average molecular weight is 1940 g/mol. The van der Waals surface area contributed by atoms with Crippen molar-refractivity contribution in [1.29, 1.82) is 0 Å². The summed E-state index contributed by atoms with van der Waals surface area (Å²) >= 11 is 0. The van der Waals surface area contributed by atoms with Gasteiger partial charge >= 0.3 is 17.9 Å². The summed E-state index contributed by atoms with van der Waals surface area (Å²) in [7, 11) is 0. The van der Waals surface area contributed by atoms with Crippen LogP contribution >= 0.6 is 0 Å². The fraction of sp³-hybridized carbons (Fsp3) is 0.570. The van der Waals surface area contributed by atoms with E-state index in [0.717, 1.165) is 0 Å². The standard InChI is InChI=1S/C86H136N24O27/c1-45(2)33-56(99-82(133)63(34-46(3)4)109-107-54(19-10-13-31-89)75(126)97-52(17-8-11-29-87)72(123)74(125)57(35-48-21-25-50(114)26-22-48)100-76(127)55(20-14-32-94-86(91)92)108-110-66(44-113)85(136)137)73(124)71(122)53(18-9-12-30-88)98-79(130)60(38-67(90)116)102-83(134)64(42-111)106-84(135)65(43-112)105-81(132)62(40-70(120)121)104-80(131)61(39-69(118)119)103-78(129)59(36-47-15-6-5-7-16-47)101-77(128)58(96-68(117)41-95-93)37-49-23-27-51(115)28-24-49/h5-7,15-16,21-28,45-46,52-66,86,94-95,107-115H,8-14,17-20,29-44,87-89,91-93H2,1-4H3,(H2,90,116)(H,96,117)(H,97,126)(H,98,130)(H,99,133)(H,100,127)(H,101,128)(H,102,134)(H,103,129)(H,104,131)(H,105,132)(H,106,135)(H,118,119)(H,120,121)(H,136,137)/t52-,53-,54-,55-,56-,57-,58-,59-,60-,61-,62-,63-,64-,65-,66-/m0/s1. The number of carboxylic acid groups (broad SMARTS) is 3. The molecule has 0 aromatic heterocycles. The lowest BCUT2D eigenvalue weighted by Gasteiger charge is -2.29. The van der Waals surface area contributed by atoms with Gasteiger partial charge in [0.05, 0.1) is 81.9 Å². The Bertz CT molecular complexity index is 4450. The molecular formula is C86H136N24O27. The lowest BCUT2D eigenvalue weighted by Crippen LogP contribution is -2.62. The third kappa shape index (κ3) is 45.3. The number of Topliss-reactive ketones (excluding diaryl/α,β-unsaturated/α-hetero) is 4. The van der Waals surface area contributed by atoms with E-state index in [1.807, 2.05) is 16.0 Å². The number of carbonyl (C=O) groups is 19. The van der Waals surface area contributed by atoms with Crippen LogP contribution in [-0.2, 0) is 110 Å². The maximum Gasteiger partial charge on any atom is 0.324 e. The van der Waals surface area contributed by atoms with Crippen molar-refractivity contribution in [3.63, 3.8) is 0 Å². The maximum atomic E-state index is 14.8. The van der Waals surface area contributed by atoms with Crippen LogP contribution < -0.4 is 131 Å². The van der Waals surface area contributed by atoms with Crippen LogP contribution in [0.4, 0.5) is 0 Å². The number of carboxylic acids is 3. The number of aliphatic hydroxyl groups is 3. The number of phenolic OH excluding ortho intramolecular Hbond substituents is 2. The number of aliphatic carboxylic acids is 3. The van der Waals surface area contributed by atoms with E-state index >= 15 is 0 Å². The van der Waals surface area contributed by atoms with Gasteiger partial charge in [-0.25, -0.2) is 21.7 Å². The van der Waals surface area contributed by atoms with Crippen LogP contribution in [-0.4, -0.2) is 302 Å². The quantitative estimate of drug-likeness (QED) is 0.00820. The molecule has 0 aliphatic rings. The fourth-order valence-corrected chi connectivity index (χ4v) is 13.6. The summed E-state index contributed by atoms with van der Waals surface area (Å²) < 4.78 is 0. The van der Waals surface area contributed by atoms with Gasteiger partial charge in [-0.1, -0.05) is 88.7 Å². The number of rotatable bonds is 72. The Morgan fingerprint density at radius 3 is 1.01 bits per heavy atom. The van der Waals surface area contributed by atoms with Crippen molar-refractivity contribution in [3.05, 3.63) is 95.6 Å². The number of unbranched alkanes of at least 4 members (excludes halogenated alkanes) is 3. The molecule has 0 unspecified atom stereocenters. The number of phenols is 2. The number of nitrogens with one attached hydrogen (secondary N) is 17. The van der Waals surface area contributed by atoms with E-state index < -0.39 is 260 Å². The van der Waals surface area contributed by atoms with E-state index in [1.165, 1.54) is 48.5 Å². The maximum absolute atomic E-state index is 14.8. The van der Waals surface area contributed by atoms with Gasteiger partial charge < -0.3 is 134 Å². The summed E-state index contributed by atoms with van der Waals surface area (Å²) in [4.78, 5) is 263. The van der Waals surface area contributed by atoms with Crippen LogP contribution in [0.2, 0.25) is 0 Å². The van der Waals surface area contributed by atoms with E-state index in [9.17, 15) is 132 Å². The zero-order chi connectivity index (χ0) is 103. The van der Waals surface area contributed by atoms with Crippen LogP contribution in [0.25, 0.3) is 0 Å².